The first kappa shape index (κ1) is 17.3. The van der Waals surface area contributed by atoms with Gasteiger partial charge in [-0.3, -0.25) is 4.79 Å². The fourth-order valence-corrected chi connectivity index (χ4v) is 4.12. The SMILES string of the molecule is CC(C)(C)[C@@H](NS(=O)(=O)CCS(C)(=O)=O)C(=O)O. The van der Waals surface area contributed by atoms with Gasteiger partial charge in [-0.25, -0.2) is 21.6 Å². The molecule has 9 heteroatoms. The Labute approximate surface area is 108 Å². The van der Waals surface area contributed by atoms with Gasteiger partial charge in [0.25, 0.3) is 0 Å². The molecule has 7 nitrogen and oxygen atoms in total. The fraction of sp³-hybridized carbons (Fsp3) is 0.889. The van der Waals surface area contributed by atoms with Gasteiger partial charge in [-0.15, -0.1) is 0 Å². The normalized spacial score (nSPS) is 15.3. The second-order valence-electron chi connectivity index (χ2n) is 5.20. The molecular formula is C9H19NO6S2. The molecule has 0 aliphatic heterocycles. The average Bonchev–Trinajstić information content (AvgIpc) is 2.08. The molecule has 0 unspecified atom stereocenters. The number of carboxylic acids is 1. The van der Waals surface area contributed by atoms with Gasteiger partial charge in [-0.05, 0) is 5.41 Å². The number of nitrogens with one attached hydrogen (secondary N) is 1. The minimum atomic E-state index is -3.95. The number of rotatable bonds is 6. The third-order valence-electron chi connectivity index (χ3n) is 2.13. The van der Waals surface area contributed by atoms with Crippen LogP contribution in [0.1, 0.15) is 20.8 Å². The lowest BCUT2D eigenvalue weighted by atomic mass is 9.88. The molecular weight excluding hydrogens is 282 g/mol. The molecule has 0 bridgehead atoms. The Balaban J connectivity index is 4.90. The molecule has 0 fully saturated rings. The van der Waals surface area contributed by atoms with E-state index in [1.54, 1.807) is 20.8 Å². The lowest BCUT2D eigenvalue weighted by Gasteiger charge is -2.27. The van der Waals surface area contributed by atoms with Crippen LogP contribution in [0.15, 0.2) is 0 Å². The zero-order valence-corrected chi connectivity index (χ0v) is 12.4. The van der Waals surface area contributed by atoms with E-state index in [-0.39, 0.29) is 0 Å². The molecule has 2 N–H and O–H groups in total. The Hall–Kier alpha value is -0.670. The predicted molar refractivity (Wildman–Crippen MR) is 67.5 cm³/mol. The standard InChI is InChI=1S/C9H19NO6S2/c1-9(2,3)7(8(11)12)10-18(15,16)6-5-17(4,13)14/h7,10H,5-6H2,1-4H3,(H,11,12)/t7-/m0/s1. The van der Waals surface area contributed by atoms with Gasteiger partial charge in [0.2, 0.25) is 10.0 Å². The monoisotopic (exact) mass is 301 g/mol. The Morgan fingerprint density at radius 1 is 1.17 bits per heavy atom. The van der Waals surface area contributed by atoms with Crippen molar-refractivity contribution in [3.63, 3.8) is 0 Å². The number of carbonyl (C=O) groups is 1. The highest BCUT2D eigenvalue weighted by Gasteiger charge is 2.34. The number of hydrogen-bond acceptors (Lipinski definition) is 5. The van der Waals surface area contributed by atoms with Crippen LogP contribution < -0.4 is 4.72 Å². The molecule has 0 spiro atoms. The van der Waals surface area contributed by atoms with Crippen molar-refractivity contribution >= 4 is 25.8 Å². The summed E-state index contributed by atoms with van der Waals surface area (Å²) in [5.41, 5.74) is -0.815. The van der Waals surface area contributed by atoms with Crippen LogP contribution in [-0.2, 0) is 24.7 Å². The molecule has 0 aliphatic carbocycles. The van der Waals surface area contributed by atoms with Gasteiger partial charge in [0.05, 0.1) is 11.5 Å². The summed E-state index contributed by atoms with van der Waals surface area (Å²) in [4.78, 5) is 11.0. The summed E-state index contributed by atoms with van der Waals surface area (Å²) in [6.07, 6.45) is 0.918. The van der Waals surface area contributed by atoms with Crippen LogP contribution in [0.2, 0.25) is 0 Å². The van der Waals surface area contributed by atoms with Crippen molar-refractivity contribution in [1.82, 2.24) is 4.72 Å². The van der Waals surface area contributed by atoms with E-state index >= 15 is 0 Å². The summed E-state index contributed by atoms with van der Waals surface area (Å²) >= 11 is 0. The average molecular weight is 301 g/mol. The fourth-order valence-electron chi connectivity index (χ4n) is 1.10. The van der Waals surface area contributed by atoms with Gasteiger partial charge in [0, 0.05) is 6.26 Å². The van der Waals surface area contributed by atoms with Crippen LogP contribution in [0.5, 0.6) is 0 Å². The van der Waals surface area contributed by atoms with Crippen molar-refractivity contribution in [3.8, 4) is 0 Å². The number of carboxylic acid groups (broad SMARTS) is 1. The molecule has 0 aliphatic rings. The maximum Gasteiger partial charge on any atom is 0.322 e. The maximum atomic E-state index is 11.6. The molecule has 0 saturated carbocycles. The van der Waals surface area contributed by atoms with Crippen molar-refractivity contribution in [3.05, 3.63) is 0 Å². The number of sulfone groups is 1. The number of hydrogen-bond donors (Lipinski definition) is 2. The molecule has 0 heterocycles. The van der Waals surface area contributed by atoms with Crippen LogP contribution in [0.3, 0.4) is 0 Å². The first-order chi connectivity index (χ1) is 7.75. The molecule has 18 heavy (non-hydrogen) atoms. The summed E-state index contributed by atoms with van der Waals surface area (Å²) in [6.45, 7) is 4.72. The second-order valence-corrected chi connectivity index (χ2v) is 9.34. The maximum absolute atomic E-state index is 11.6. The Kier molecular flexibility index (Phi) is 5.33. The van der Waals surface area contributed by atoms with Gasteiger partial charge in [-0.2, -0.15) is 0 Å². The molecule has 0 amide bonds. The molecule has 0 rings (SSSR count). The summed E-state index contributed by atoms with van der Waals surface area (Å²) in [7, 11) is -7.37. The van der Waals surface area contributed by atoms with Crippen molar-refractivity contribution in [2.24, 2.45) is 5.41 Å². The van der Waals surface area contributed by atoms with Crippen LogP contribution in [-0.4, -0.2) is 51.7 Å². The van der Waals surface area contributed by atoms with Gasteiger partial charge in [-0.1, -0.05) is 20.8 Å². The van der Waals surface area contributed by atoms with E-state index < -0.39 is 48.8 Å². The molecule has 1 atom stereocenters. The van der Waals surface area contributed by atoms with Gasteiger partial charge < -0.3 is 5.11 Å². The first-order valence-corrected chi connectivity index (χ1v) is 8.86. The third kappa shape index (κ3) is 6.92. The second kappa shape index (κ2) is 5.54. The highest BCUT2D eigenvalue weighted by Crippen LogP contribution is 2.20. The molecule has 0 saturated heterocycles. The van der Waals surface area contributed by atoms with Crippen LogP contribution in [0, 0.1) is 5.41 Å². The Morgan fingerprint density at radius 3 is 1.89 bits per heavy atom. The van der Waals surface area contributed by atoms with E-state index in [0.717, 1.165) is 6.26 Å². The van der Waals surface area contributed by atoms with E-state index in [0.29, 0.717) is 0 Å². The molecule has 0 radical (unpaired) electrons. The molecule has 0 aromatic rings. The minimum absolute atomic E-state index is 0.543. The predicted octanol–water partition coefficient (Wildman–Crippen LogP) is -0.550. The summed E-state index contributed by atoms with van der Waals surface area (Å²) in [6, 6.07) is -1.30. The number of sulfonamides is 1. The minimum Gasteiger partial charge on any atom is -0.480 e. The van der Waals surface area contributed by atoms with Gasteiger partial charge in [0.1, 0.15) is 15.9 Å². The lowest BCUT2D eigenvalue weighted by Crippen LogP contribution is -2.50. The van der Waals surface area contributed by atoms with Gasteiger partial charge >= 0.3 is 5.97 Å². The van der Waals surface area contributed by atoms with Crippen molar-refractivity contribution < 1.29 is 26.7 Å². The van der Waals surface area contributed by atoms with Crippen LogP contribution in [0.4, 0.5) is 0 Å². The quantitative estimate of drug-likeness (QED) is 0.679. The smallest absolute Gasteiger partial charge is 0.322 e. The van der Waals surface area contributed by atoms with Gasteiger partial charge in [0.15, 0.2) is 0 Å². The van der Waals surface area contributed by atoms with Crippen molar-refractivity contribution in [2.45, 2.75) is 26.8 Å². The van der Waals surface area contributed by atoms with Crippen LogP contribution >= 0.6 is 0 Å². The summed E-state index contributed by atoms with van der Waals surface area (Å²) in [5, 5.41) is 8.96. The van der Waals surface area contributed by atoms with E-state index in [2.05, 4.69) is 0 Å². The van der Waals surface area contributed by atoms with E-state index in [9.17, 15) is 21.6 Å². The highest BCUT2D eigenvalue weighted by atomic mass is 32.2. The molecule has 108 valence electrons. The van der Waals surface area contributed by atoms with E-state index in [4.69, 9.17) is 5.11 Å². The van der Waals surface area contributed by atoms with E-state index in [1.165, 1.54) is 0 Å². The Bertz CT molecular complexity index is 500. The zero-order valence-electron chi connectivity index (χ0n) is 10.8. The molecule has 0 aromatic carbocycles. The Morgan fingerprint density at radius 2 is 1.61 bits per heavy atom. The summed E-state index contributed by atoms with van der Waals surface area (Å²) in [5.74, 6) is -2.49. The summed E-state index contributed by atoms with van der Waals surface area (Å²) < 4.78 is 47.0. The lowest BCUT2D eigenvalue weighted by molar-refractivity contribution is -0.141. The zero-order chi connectivity index (χ0) is 14.8. The first-order valence-electron chi connectivity index (χ1n) is 5.15. The van der Waals surface area contributed by atoms with Crippen molar-refractivity contribution in [2.75, 3.05) is 17.8 Å². The molecule has 0 aromatic heterocycles. The van der Waals surface area contributed by atoms with Crippen molar-refractivity contribution in [1.29, 1.82) is 0 Å². The largest absolute Gasteiger partial charge is 0.480 e. The van der Waals surface area contributed by atoms with E-state index in [1.807, 2.05) is 4.72 Å². The number of aliphatic carboxylic acids is 1. The highest BCUT2D eigenvalue weighted by molar-refractivity contribution is 7.93. The third-order valence-corrected chi connectivity index (χ3v) is 4.67. The van der Waals surface area contributed by atoms with Crippen LogP contribution in [0.25, 0.3) is 0 Å². The topological polar surface area (TPSA) is 118 Å².